The fraction of sp³-hybridized carbons (Fsp3) is 0.364. The van der Waals surface area contributed by atoms with Gasteiger partial charge in [0.25, 0.3) is 0 Å². The van der Waals surface area contributed by atoms with Gasteiger partial charge in [-0.05, 0) is 36.6 Å². The lowest BCUT2D eigenvalue weighted by Gasteiger charge is -2.19. The molecule has 1 aromatic rings. The van der Waals surface area contributed by atoms with E-state index in [1.807, 2.05) is 6.92 Å². The maximum atomic E-state index is 11.6. The van der Waals surface area contributed by atoms with Crippen molar-refractivity contribution in [2.75, 3.05) is 0 Å². The number of phenols is 1. The number of carbonyl (C=O) groups is 1. The highest BCUT2D eigenvalue weighted by atomic mass is 16.3. The van der Waals surface area contributed by atoms with Gasteiger partial charge in [-0.3, -0.25) is 4.79 Å². The van der Waals surface area contributed by atoms with Crippen LogP contribution in [-0.2, 0) is 6.42 Å². The van der Waals surface area contributed by atoms with Gasteiger partial charge in [-0.1, -0.05) is 6.92 Å². The van der Waals surface area contributed by atoms with E-state index >= 15 is 0 Å². The third-order valence-corrected chi connectivity index (χ3v) is 2.65. The molecule has 1 atom stereocenters. The average molecular weight is 176 g/mol. The number of hydrogen-bond donors (Lipinski definition) is 1. The van der Waals surface area contributed by atoms with Crippen LogP contribution in [0, 0.1) is 5.92 Å². The van der Waals surface area contributed by atoms with E-state index in [0.29, 0.717) is 0 Å². The van der Waals surface area contributed by atoms with E-state index in [0.717, 1.165) is 24.0 Å². The molecule has 0 saturated heterocycles. The number of rotatable bonds is 0. The van der Waals surface area contributed by atoms with Gasteiger partial charge in [-0.15, -0.1) is 0 Å². The lowest BCUT2D eigenvalue weighted by molar-refractivity contribution is 0.0913. The Kier molecular flexibility index (Phi) is 1.83. The molecule has 0 bridgehead atoms. The highest BCUT2D eigenvalue weighted by Gasteiger charge is 2.23. The van der Waals surface area contributed by atoms with Gasteiger partial charge in [0.2, 0.25) is 0 Å². The summed E-state index contributed by atoms with van der Waals surface area (Å²) in [5, 5.41) is 9.23. The van der Waals surface area contributed by atoms with Crippen LogP contribution in [0.25, 0.3) is 0 Å². The van der Waals surface area contributed by atoms with Gasteiger partial charge in [0.15, 0.2) is 5.78 Å². The molecule has 0 fully saturated rings. The van der Waals surface area contributed by atoms with Gasteiger partial charge in [0.1, 0.15) is 5.75 Å². The first kappa shape index (κ1) is 8.30. The van der Waals surface area contributed by atoms with Crippen molar-refractivity contribution in [1.82, 2.24) is 0 Å². The molecule has 68 valence electrons. The minimum Gasteiger partial charge on any atom is -0.508 e. The first-order valence-electron chi connectivity index (χ1n) is 4.54. The topological polar surface area (TPSA) is 37.3 Å². The Labute approximate surface area is 77.2 Å². The minimum atomic E-state index is 0.136. The lowest BCUT2D eigenvalue weighted by Crippen LogP contribution is -2.19. The number of aromatic hydroxyl groups is 1. The first-order valence-corrected chi connectivity index (χ1v) is 4.54. The fourth-order valence-electron chi connectivity index (χ4n) is 1.80. The number of fused-ring (bicyclic) bond motifs is 1. The van der Waals surface area contributed by atoms with Crippen molar-refractivity contribution in [2.45, 2.75) is 19.8 Å². The van der Waals surface area contributed by atoms with E-state index in [-0.39, 0.29) is 17.5 Å². The molecular formula is C11H12O2. The zero-order valence-corrected chi connectivity index (χ0v) is 7.58. The third kappa shape index (κ3) is 1.32. The Morgan fingerprint density at radius 2 is 2.23 bits per heavy atom. The lowest BCUT2D eigenvalue weighted by atomic mass is 9.84. The summed E-state index contributed by atoms with van der Waals surface area (Å²) >= 11 is 0. The Morgan fingerprint density at radius 1 is 1.46 bits per heavy atom. The summed E-state index contributed by atoms with van der Waals surface area (Å²) in [4.78, 5) is 11.6. The van der Waals surface area contributed by atoms with Crippen molar-refractivity contribution in [3.63, 3.8) is 0 Å². The molecule has 0 unspecified atom stereocenters. The molecule has 1 aliphatic rings. The summed E-state index contributed by atoms with van der Waals surface area (Å²) in [6.45, 7) is 1.96. The van der Waals surface area contributed by atoms with Gasteiger partial charge in [-0.25, -0.2) is 0 Å². The minimum absolute atomic E-state index is 0.136. The van der Waals surface area contributed by atoms with Crippen LogP contribution in [0.1, 0.15) is 29.3 Å². The Bertz CT molecular complexity index is 355. The van der Waals surface area contributed by atoms with Crippen LogP contribution in [0.15, 0.2) is 18.2 Å². The molecule has 0 spiro atoms. The number of ketones is 1. The molecule has 1 aromatic carbocycles. The molecule has 2 nitrogen and oxygen atoms in total. The summed E-state index contributed by atoms with van der Waals surface area (Å²) < 4.78 is 0. The molecule has 0 radical (unpaired) electrons. The van der Waals surface area contributed by atoms with Gasteiger partial charge in [0.05, 0.1) is 0 Å². The molecule has 13 heavy (non-hydrogen) atoms. The molecule has 2 rings (SSSR count). The fourth-order valence-corrected chi connectivity index (χ4v) is 1.80. The standard InChI is InChI=1S/C11H12O2/c1-7-2-3-8-6-9(12)4-5-10(8)11(7)13/h4-7,12H,2-3H2,1H3/t7-/m0/s1. The number of phenolic OH excluding ortho intramolecular Hbond substituents is 1. The second-order valence-corrected chi connectivity index (χ2v) is 3.65. The number of Topliss-reactive ketones (excluding diaryl/α,β-unsaturated/α-hetero) is 1. The molecule has 0 aromatic heterocycles. The quantitative estimate of drug-likeness (QED) is 0.657. The predicted octanol–water partition coefficient (Wildman–Crippen LogP) is 2.16. The van der Waals surface area contributed by atoms with Crippen molar-refractivity contribution in [3.05, 3.63) is 29.3 Å². The van der Waals surface area contributed by atoms with Crippen LogP contribution in [0.3, 0.4) is 0 Å². The van der Waals surface area contributed by atoms with E-state index in [1.165, 1.54) is 0 Å². The van der Waals surface area contributed by atoms with Gasteiger partial charge >= 0.3 is 0 Å². The highest BCUT2D eigenvalue weighted by molar-refractivity contribution is 6.00. The summed E-state index contributed by atoms with van der Waals surface area (Å²) in [7, 11) is 0. The molecular weight excluding hydrogens is 164 g/mol. The molecule has 1 N–H and O–H groups in total. The Hall–Kier alpha value is -1.31. The summed E-state index contributed by atoms with van der Waals surface area (Å²) in [5.74, 6) is 0.597. The second kappa shape index (κ2) is 2.87. The van der Waals surface area contributed by atoms with E-state index in [2.05, 4.69) is 0 Å². The maximum absolute atomic E-state index is 11.6. The molecule has 0 aliphatic heterocycles. The number of aryl methyl sites for hydroxylation is 1. The van der Waals surface area contributed by atoms with Crippen molar-refractivity contribution >= 4 is 5.78 Å². The van der Waals surface area contributed by atoms with Crippen LogP contribution in [0.4, 0.5) is 0 Å². The summed E-state index contributed by atoms with van der Waals surface area (Å²) in [6, 6.07) is 5.00. The monoisotopic (exact) mass is 176 g/mol. The summed E-state index contributed by atoms with van der Waals surface area (Å²) in [6.07, 6.45) is 1.80. The average Bonchev–Trinajstić information content (AvgIpc) is 2.12. The van der Waals surface area contributed by atoms with Crippen molar-refractivity contribution in [3.8, 4) is 5.75 Å². The van der Waals surface area contributed by atoms with E-state index in [9.17, 15) is 9.90 Å². The van der Waals surface area contributed by atoms with E-state index in [4.69, 9.17) is 0 Å². The van der Waals surface area contributed by atoms with Gasteiger partial charge in [-0.2, -0.15) is 0 Å². The largest absolute Gasteiger partial charge is 0.508 e. The molecule has 0 heterocycles. The van der Waals surface area contributed by atoms with Crippen molar-refractivity contribution in [2.24, 2.45) is 5.92 Å². The third-order valence-electron chi connectivity index (χ3n) is 2.65. The van der Waals surface area contributed by atoms with Crippen LogP contribution in [-0.4, -0.2) is 10.9 Å². The Balaban J connectivity index is 2.50. The number of carbonyl (C=O) groups excluding carboxylic acids is 1. The molecule has 0 saturated carbocycles. The number of benzene rings is 1. The molecule has 2 heteroatoms. The zero-order valence-electron chi connectivity index (χ0n) is 7.58. The molecule has 1 aliphatic carbocycles. The smallest absolute Gasteiger partial charge is 0.165 e. The Morgan fingerprint density at radius 3 is 3.00 bits per heavy atom. The SMILES string of the molecule is C[C@H]1CCc2cc(O)ccc2C1=O. The predicted molar refractivity (Wildman–Crippen MR) is 49.9 cm³/mol. The second-order valence-electron chi connectivity index (χ2n) is 3.65. The normalized spacial score (nSPS) is 21.3. The summed E-state index contributed by atoms with van der Waals surface area (Å²) in [5.41, 5.74) is 1.78. The van der Waals surface area contributed by atoms with Crippen LogP contribution in [0.5, 0.6) is 5.75 Å². The highest BCUT2D eigenvalue weighted by Crippen LogP contribution is 2.27. The van der Waals surface area contributed by atoms with Crippen molar-refractivity contribution < 1.29 is 9.90 Å². The van der Waals surface area contributed by atoms with Crippen LogP contribution >= 0.6 is 0 Å². The van der Waals surface area contributed by atoms with Gasteiger partial charge < -0.3 is 5.11 Å². The number of hydrogen-bond acceptors (Lipinski definition) is 2. The van der Waals surface area contributed by atoms with E-state index in [1.54, 1.807) is 18.2 Å². The first-order chi connectivity index (χ1) is 6.18. The van der Waals surface area contributed by atoms with Gasteiger partial charge in [0, 0.05) is 11.5 Å². The van der Waals surface area contributed by atoms with Crippen molar-refractivity contribution in [1.29, 1.82) is 0 Å². The van der Waals surface area contributed by atoms with Crippen LogP contribution < -0.4 is 0 Å². The van der Waals surface area contributed by atoms with E-state index < -0.39 is 0 Å². The molecule has 0 amide bonds. The maximum Gasteiger partial charge on any atom is 0.165 e. The zero-order chi connectivity index (χ0) is 9.42. The van der Waals surface area contributed by atoms with Crippen LogP contribution in [0.2, 0.25) is 0 Å².